The van der Waals surface area contributed by atoms with E-state index in [9.17, 15) is 18.4 Å². The van der Waals surface area contributed by atoms with Gasteiger partial charge < -0.3 is 10.4 Å². The minimum atomic E-state index is -1.23. The molecule has 0 aliphatic heterocycles. The van der Waals surface area contributed by atoms with Gasteiger partial charge in [0.1, 0.15) is 11.6 Å². The normalized spacial score (nSPS) is 16.4. The molecule has 2 aromatic rings. The third-order valence-electron chi connectivity index (χ3n) is 5.10. The summed E-state index contributed by atoms with van der Waals surface area (Å²) in [5.41, 5.74) is -0.485. The van der Waals surface area contributed by atoms with E-state index < -0.39 is 34.8 Å². The first kappa shape index (κ1) is 18.0. The summed E-state index contributed by atoms with van der Waals surface area (Å²) in [5.74, 6) is -3.64. The zero-order chi connectivity index (χ0) is 18.9. The Morgan fingerprint density at radius 1 is 1.12 bits per heavy atom. The molecule has 1 saturated carbocycles. The molecule has 6 heteroatoms. The Morgan fingerprint density at radius 2 is 1.73 bits per heavy atom. The Labute approximate surface area is 149 Å². The summed E-state index contributed by atoms with van der Waals surface area (Å²) in [7, 11) is 0. The van der Waals surface area contributed by atoms with E-state index in [2.05, 4.69) is 5.32 Å². The number of halogens is 2. The predicted octanol–water partition coefficient (Wildman–Crippen LogP) is 4.21. The van der Waals surface area contributed by atoms with E-state index in [-0.39, 0.29) is 5.56 Å². The number of amides is 1. The van der Waals surface area contributed by atoms with Crippen LogP contribution in [-0.2, 0) is 15.0 Å². The van der Waals surface area contributed by atoms with Crippen LogP contribution in [-0.4, -0.2) is 17.0 Å². The number of hydrogen-bond donors (Lipinski definition) is 2. The van der Waals surface area contributed by atoms with Crippen molar-refractivity contribution in [2.24, 2.45) is 0 Å². The highest BCUT2D eigenvalue weighted by Crippen LogP contribution is 2.46. The highest BCUT2D eigenvalue weighted by molar-refractivity contribution is 6.00. The third-order valence-corrected chi connectivity index (χ3v) is 5.10. The van der Waals surface area contributed by atoms with Crippen molar-refractivity contribution in [1.29, 1.82) is 0 Å². The zero-order valence-electron chi connectivity index (χ0n) is 14.3. The number of benzene rings is 2. The van der Waals surface area contributed by atoms with Crippen LogP contribution in [0.15, 0.2) is 42.5 Å². The molecule has 26 heavy (non-hydrogen) atoms. The second-order valence-electron chi connectivity index (χ2n) is 6.67. The quantitative estimate of drug-likeness (QED) is 0.840. The van der Waals surface area contributed by atoms with Gasteiger partial charge in [-0.25, -0.2) is 8.78 Å². The Morgan fingerprint density at radius 3 is 2.27 bits per heavy atom. The van der Waals surface area contributed by atoms with Gasteiger partial charge in [0.15, 0.2) is 0 Å². The number of nitrogens with one attached hydrogen (secondary N) is 1. The molecule has 0 saturated heterocycles. The smallest absolute Gasteiger partial charge is 0.310 e. The number of aliphatic carboxylic acids is 1. The van der Waals surface area contributed by atoms with Crippen LogP contribution in [0.3, 0.4) is 0 Å². The molecule has 1 aliphatic carbocycles. The second-order valence-corrected chi connectivity index (χ2v) is 6.67. The van der Waals surface area contributed by atoms with Crippen LogP contribution in [0.25, 0.3) is 0 Å². The minimum Gasteiger partial charge on any atom is -0.481 e. The van der Waals surface area contributed by atoms with E-state index in [1.807, 2.05) is 0 Å². The summed E-state index contributed by atoms with van der Waals surface area (Å²) >= 11 is 0. The van der Waals surface area contributed by atoms with Crippen molar-refractivity contribution in [2.75, 3.05) is 5.32 Å². The maximum absolute atomic E-state index is 14.2. The number of carboxylic acid groups (broad SMARTS) is 1. The van der Waals surface area contributed by atoms with Crippen molar-refractivity contribution in [1.82, 2.24) is 0 Å². The van der Waals surface area contributed by atoms with E-state index in [4.69, 9.17) is 5.11 Å². The van der Waals surface area contributed by atoms with Crippen LogP contribution >= 0.6 is 0 Å². The average molecular weight is 359 g/mol. The average Bonchev–Trinajstić information content (AvgIpc) is 2.56. The summed E-state index contributed by atoms with van der Waals surface area (Å²) in [4.78, 5) is 24.0. The van der Waals surface area contributed by atoms with Crippen LogP contribution in [0.5, 0.6) is 0 Å². The van der Waals surface area contributed by atoms with Crippen LogP contribution in [0.4, 0.5) is 14.5 Å². The molecule has 0 bridgehead atoms. The van der Waals surface area contributed by atoms with Crippen LogP contribution < -0.4 is 5.32 Å². The summed E-state index contributed by atoms with van der Waals surface area (Å²) in [6.07, 6.45) is 1.43. The van der Waals surface area contributed by atoms with Gasteiger partial charge in [0, 0.05) is 11.3 Å². The molecule has 0 heterocycles. The largest absolute Gasteiger partial charge is 0.481 e. The summed E-state index contributed by atoms with van der Waals surface area (Å²) in [6, 6.07) is 10.1. The Balaban J connectivity index is 1.90. The van der Waals surface area contributed by atoms with Gasteiger partial charge in [-0.1, -0.05) is 24.6 Å². The lowest BCUT2D eigenvalue weighted by Gasteiger charge is -2.40. The van der Waals surface area contributed by atoms with Gasteiger partial charge >= 0.3 is 5.97 Å². The van der Waals surface area contributed by atoms with Crippen LogP contribution in [0.2, 0.25) is 0 Å². The topological polar surface area (TPSA) is 66.4 Å². The monoisotopic (exact) mass is 359 g/mol. The summed E-state index contributed by atoms with van der Waals surface area (Å²) < 4.78 is 28.5. The second kappa shape index (κ2) is 6.86. The van der Waals surface area contributed by atoms with Gasteiger partial charge in [-0.05, 0) is 49.6 Å². The van der Waals surface area contributed by atoms with Crippen molar-refractivity contribution < 1.29 is 23.5 Å². The summed E-state index contributed by atoms with van der Waals surface area (Å²) in [5, 5.41) is 11.8. The Hall–Kier alpha value is -2.76. The van der Waals surface area contributed by atoms with E-state index in [0.29, 0.717) is 30.5 Å². The Bertz CT molecular complexity index is 842. The first-order valence-corrected chi connectivity index (χ1v) is 8.44. The molecular formula is C20H19F2NO3. The number of anilines is 1. The van der Waals surface area contributed by atoms with Crippen molar-refractivity contribution in [3.05, 3.63) is 65.2 Å². The van der Waals surface area contributed by atoms with Crippen LogP contribution in [0, 0.1) is 11.6 Å². The lowest BCUT2D eigenvalue weighted by Crippen LogP contribution is -2.47. The maximum atomic E-state index is 14.2. The lowest BCUT2D eigenvalue weighted by atomic mass is 9.63. The number of carbonyl (C=O) groups is 2. The van der Waals surface area contributed by atoms with Crippen molar-refractivity contribution in [3.8, 4) is 0 Å². The minimum absolute atomic E-state index is 0.196. The molecule has 3 rings (SSSR count). The molecule has 4 nitrogen and oxygen atoms in total. The Kier molecular flexibility index (Phi) is 4.76. The molecule has 1 aliphatic rings. The van der Waals surface area contributed by atoms with Crippen molar-refractivity contribution in [2.45, 2.75) is 37.5 Å². The maximum Gasteiger partial charge on any atom is 0.310 e. The van der Waals surface area contributed by atoms with Gasteiger partial charge in [-0.15, -0.1) is 0 Å². The van der Waals surface area contributed by atoms with Crippen molar-refractivity contribution >= 4 is 17.6 Å². The first-order valence-electron chi connectivity index (χ1n) is 8.44. The number of carboxylic acids is 1. The summed E-state index contributed by atoms with van der Waals surface area (Å²) in [6.45, 7) is 1.55. The zero-order valence-corrected chi connectivity index (χ0v) is 14.3. The molecular weight excluding hydrogens is 340 g/mol. The SMILES string of the molecule is CC(C(=O)O)c1cccc(NC(=O)C2(c3c(F)cccc3F)CCC2)c1. The van der Waals surface area contributed by atoms with Gasteiger partial charge in [-0.2, -0.15) is 0 Å². The van der Waals surface area contributed by atoms with Crippen molar-refractivity contribution in [3.63, 3.8) is 0 Å². The number of rotatable bonds is 5. The molecule has 0 radical (unpaired) electrons. The fourth-order valence-electron chi connectivity index (χ4n) is 3.35. The lowest BCUT2D eigenvalue weighted by molar-refractivity contribution is -0.138. The molecule has 2 aromatic carbocycles. The standard InChI is InChI=1S/C20H19F2NO3/c1-12(18(24)25)13-5-2-6-14(11-13)23-19(26)20(9-4-10-20)17-15(21)7-3-8-16(17)22/h2-3,5-8,11-12H,4,9-10H2,1H3,(H,23,26)(H,24,25). The molecule has 1 fully saturated rings. The fraction of sp³-hybridized carbons (Fsp3) is 0.300. The number of carbonyl (C=O) groups excluding carboxylic acids is 1. The molecule has 1 atom stereocenters. The third kappa shape index (κ3) is 3.07. The van der Waals surface area contributed by atoms with Gasteiger partial charge in [0.2, 0.25) is 5.91 Å². The van der Waals surface area contributed by atoms with Gasteiger partial charge in [0.05, 0.1) is 11.3 Å². The van der Waals surface area contributed by atoms with E-state index >= 15 is 0 Å². The van der Waals surface area contributed by atoms with E-state index in [0.717, 1.165) is 12.1 Å². The van der Waals surface area contributed by atoms with E-state index in [1.165, 1.54) is 6.07 Å². The molecule has 0 aromatic heterocycles. The molecule has 136 valence electrons. The highest BCUT2D eigenvalue weighted by Gasteiger charge is 2.49. The fourth-order valence-corrected chi connectivity index (χ4v) is 3.35. The first-order chi connectivity index (χ1) is 12.3. The van der Waals surface area contributed by atoms with E-state index in [1.54, 1.807) is 31.2 Å². The molecule has 2 N–H and O–H groups in total. The van der Waals surface area contributed by atoms with Crippen LogP contribution in [0.1, 0.15) is 43.2 Å². The number of hydrogen-bond acceptors (Lipinski definition) is 2. The predicted molar refractivity (Wildman–Crippen MR) is 93.0 cm³/mol. The van der Waals surface area contributed by atoms with Gasteiger partial charge in [-0.3, -0.25) is 9.59 Å². The molecule has 1 amide bonds. The molecule has 1 unspecified atom stereocenters. The van der Waals surface area contributed by atoms with Gasteiger partial charge in [0.25, 0.3) is 0 Å². The molecule has 0 spiro atoms. The highest BCUT2D eigenvalue weighted by atomic mass is 19.1.